The molecule has 0 fully saturated rings. The van der Waals surface area contributed by atoms with Crippen LogP contribution in [0.5, 0.6) is 0 Å². The molecule has 0 aliphatic heterocycles. The molecule has 0 aromatic carbocycles. The number of rotatable bonds is 10. The lowest BCUT2D eigenvalue weighted by Crippen LogP contribution is -2.15. The fourth-order valence-electron chi connectivity index (χ4n) is 0.976. The van der Waals surface area contributed by atoms with Gasteiger partial charge in [-0.1, -0.05) is 27.7 Å². The summed E-state index contributed by atoms with van der Waals surface area (Å²) in [5, 5.41) is 0. The minimum absolute atomic E-state index is 0.345. The molecule has 0 aliphatic carbocycles. The molecule has 104 valence electrons. The molecule has 0 unspecified atom stereocenters. The second-order valence-electron chi connectivity index (χ2n) is 5.73. The fraction of sp³-hybridized carbons (Fsp3) is 0.714. The molecule has 0 aromatic heterocycles. The number of hydrogen-bond acceptors (Lipinski definition) is 4. The Bertz CT molecular complexity index is 252. The SMILES string of the molecule is CC(C)(C=O)CCO/C=C/OCCC(C)(C)C=O. The molecule has 0 radical (unpaired) electrons. The van der Waals surface area contributed by atoms with E-state index in [1.807, 2.05) is 27.7 Å². The van der Waals surface area contributed by atoms with Gasteiger partial charge in [0, 0.05) is 10.8 Å². The van der Waals surface area contributed by atoms with Gasteiger partial charge in [0.25, 0.3) is 0 Å². The van der Waals surface area contributed by atoms with Crippen LogP contribution in [0.25, 0.3) is 0 Å². The Morgan fingerprint density at radius 2 is 1.11 bits per heavy atom. The Hall–Kier alpha value is -1.32. The van der Waals surface area contributed by atoms with Gasteiger partial charge in [-0.2, -0.15) is 0 Å². The van der Waals surface area contributed by atoms with Crippen LogP contribution in [0.1, 0.15) is 40.5 Å². The highest BCUT2D eigenvalue weighted by molar-refractivity contribution is 5.58. The summed E-state index contributed by atoms with van der Waals surface area (Å²) >= 11 is 0. The van der Waals surface area contributed by atoms with E-state index in [1.165, 1.54) is 12.5 Å². The first-order chi connectivity index (χ1) is 8.33. The molecule has 0 atom stereocenters. The molecule has 0 spiro atoms. The molecule has 18 heavy (non-hydrogen) atoms. The molecular formula is C14H24O4. The number of hydrogen-bond donors (Lipinski definition) is 0. The quantitative estimate of drug-likeness (QED) is 0.342. The molecule has 0 rings (SSSR count). The third kappa shape index (κ3) is 8.79. The molecule has 0 saturated heterocycles. The molecule has 4 nitrogen and oxygen atoms in total. The van der Waals surface area contributed by atoms with E-state index in [0.717, 1.165) is 12.6 Å². The fourth-order valence-corrected chi connectivity index (χ4v) is 0.976. The summed E-state index contributed by atoms with van der Waals surface area (Å²) in [6, 6.07) is 0. The van der Waals surface area contributed by atoms with Crippen LogP contribution < -0.4 is 0 Å². The lowest BCUT2D eigenvalue weighted by molar-refractivity contribution is -0.116. The van der Waals surface area contributed by atoms with Gasteiger partial charge in [-0.3, -0.25) is 0 Å². The van der Waals surface area contributed by atoms with Crippen molar-refractivity contribution in [3.63, 3.8) is 0 Å². The van der Waals surface area contributed by atoms with Crippen molar-refractivity contribution in [1.29, 1.82) is 0 Å². The van der Waals surface area contributed by atoms with Gasteiger partial charge in [-0.05, 0) is 12.8 Å². The van der Waals surface area contributed by atoms with Crippen LogP contribution in [0.2, 0.25) is 0 Å². The van der Waals surface area contributed by atoms with Crippen molar-refractivity contribution >= 4 is 12.6 Å². The smallest absolute Gasteiger partial charge is 0.125 e. The average molecular weight is 256 g/mol. The molecular weight excluding hydrogens is 232 g/mol. The standard InChI is InChI=1S/C14H24O4/c1-13(2,11-15)5-7-17-9-10-18-8-6-14(3,4)12-16/h9-12H,5-8H2,1-4H3/b10-9+. The Kier molecular flexibility index (Phi) is 7.32. The number of aldehydes is 2. The second-order valence-corrected chi connectivity index (χ2v) is 5.73. The molecule has 0 aromatic rings. The first kappa shape index (κ1) is 16.7. The van der Waals surface area contributed by atoms with E-state index in [-0.39, 0.29) is 10.8 Å². The van der Waals surface area contributed by atoms with Crippen molar-refractivity contribution < 1.29 is 19.1 Å². The zero-order chi connectivity index (χ0) is 14.1. The lowest BCUT2D eigenvalue weighted by atomic mass is 9.92. The Morgan fingerprint density at radius 3 is 1.39 bits per heavy atom. The minimum atomic E-state index is -0.345. The molecule has 0 aliphatic rings. The van der Waals surface area contributed by atoms with Crippen LogP contribution in [-0.2, 0) is 19.1 Å². The zero-order valence-corrected chi connectivity index (χ0v) is 11.8. The maximum atomic E-state index is 10.6. The summed E-state index contributed by atoms with van der Waals surface area (Å²) in [5.41, 5.74) is -0.689. The molecule has 0 bridgehead atoms. The van der Waals surface area contributed by atoms with Crippen molar-refractivity contribution in [2.24, 2.45) is 10.8 Å². The van der Waals surface area contributed by atoms with Gasteiger partial charge in [0.2, 0.25) is 0 Å². The van der Waals surface area contributed by atoms with Gasteiger partial charge >= 0.3 is 0 Å². The summed E-state index contributed by atoms with van der Waals surface area (Å²) in [7, 11) is 0. The average Bonchev–Trinajstić information content (AvgIpc) is 2.32. The van der Waals surface area contributed by atoms with Crippen molar-refractivity contribution in [2.45, 2.75) is 40.5 Å². The molecule has 0 amide bonds. The summed E-state index contributed by atoms with van der Waals surface area (Å²) < 4.78 is 10.4. The maximum absolute atomic E-state index is 10.6. The minimum Gasteiger partial charge on any atom is -0.498 e. The number of carbonyl (C=O) groups is 2. The van der Waals surface area contributed by atoms with E-state index in [2.05, 4.69) is 0 Å². The normalized spacial score (nSPS) is 12.4. The summed E-state index contributed by atoms with van der Waals surface area (Å²) in [6.07, 6.45) is 6.12. The summed E-state index contributed by atoms with van der Waals surface area (Å²) in [4.78, 5) is 21.3. The Morgan fingerprint density at radius 1 is 0.778 bits per heavy atom. The highest BCUT2D eigenvalue weighted by atomic mass is 16.5. The molecule has 0 heterocycles. The number of ether oxygens (including phenoxy) is 2. The first-order valence-electron chi connectivity index (χ1n) is 6.14. The zero-order valence-electron chi connectivity index (χ0n) is 11.8. The van der Waals surface area contributed by atoms with Crippen LogP contribution >= 0.6 is 0 Å². The van der Waals surface area contributed by atoms with Gasteiger partial charge < -0.3 is 19.1 Å². The predicted molar refractivity (Wildman–Crippen MR) is 70.0 cm³/mol. The van der Waals surface area contributed by atoms with Gasteiger partial charge in [0.05, 0.1) is 13.2 Å². The van der Waals surface area contributed by atoms with Gasteiger partial charge in [-0.15, -0.1) is 0 Å². The third-order valence-electron chi connectivity index (χ3n) is 2.61. The van der Waals surface area contributed by atoms with Crippen LogP contribution in [-0.4, -0.2) is 25.8 Å². The second kappa shape index (κ2) is 7.90. The topological polar surface area (TPSA) is 52.6 Å². The van der Waals surface area contributed by atoms with Crippen LogP contribution in [0.3, 0.4) is 0 Å². The first-order valence-corrected chi connectivity index (χ1v) is 6.14. The van der Waals surface area contributed by atoms with Crippen LogP contribution in [0.4, 0.5) is 0 Å². The van der Waals surface area contributed by atoms with E-state index >= 15 is 0 Å². The van der Waals surface area contributed by atoms with E-state index in [9.17, 15) is 9.59 Å². The van der Waals surface area contributed by atoms with Crippen LogP contribution in [0, 0.1) is 10.8 Å². The molecule has 4 heteroatoms. The van der Waals surface area contributed by atoms with Crippen LogP contribution in [0.15, 0.2) is 12.5 Å². The van der Waals surface area contributed by atoms with E-state index < -0.39 is 0 Å². The van der Waals surface area contributed by atoms with E-state index in [1.54, 1.807) is 0 Å². The summed E-state index contributed by atoms with van der Waals surface area (Å²) in [5.74, 6) is 0. The largest absolute Gasteiger partial charge is 0.498 e. The molecule has 0 N–H and O–H groups in total. The van der Waals surface area contributed by atoms with Crippen molar-refractivity contribution in [2.75, 3.05) is 13.2 Å². The molecule has 0 saturated carbocycles. The van der Waals surface area contributed by atoms with Gasteiger partial charge in [0.1, 0.15) is 25.1 Å². The number of carbonyl (C=O) groups excluding carboxylic acids is 2. The van der Waals surface area contributed by atoms with Gasteiger partial charge in [0.15, 0.2) is 0 Å². The van der Waals surface area contributed by atoms with E-state index in [0.29, 0.717) is 26.1 Å². The maximum Gasteiger partial charge on any atom is 0.125 e. The van der Waals surface area contributed by atoms with Crippen molar-refractivity contribution in [1.82, 2.24) is 0 Å². The Balaban J connectivity index is 3.56. The monoisotopic (exact) mass is 256 g/mol. The van der Waals surface area contributed by atoms with E-state index in [4.69, 9.17) is 9.47 Å². The lowest BCUT2D eigenvalue weighted by Gasteiger charge is -2.16. The summed E-state index contributed by atoms with van der Waals surface area (Å²) in [6.45, 7) is 8.42. The Labute approximate surface area is 109 Å². The highest BCUT2D eigenvalue weighted by Gasteiger charge is 2.16. The third-order valence-corrected chi connectivity index (χ3v) is 2.61. The van der Waals surface area contributed by atoms with Crippen molar-refractivity contribution in [3.8, 4) is 0 Å². The highest BCUT2D eigenvalue weighted by Crippen LogP contribution is 2.17. The predicted octanol–water partition coefficient (Wildman–Crippen LogP) is 2.72. The van der Waals surface area contributed by atoms with Gasteiger partial charge in [-0.25, -0.2) is 0 Å². The van der Waals surface area contributed by atoms with Crippen molar-refractivity contribution in [3.05, 3.63) is 12.5 Å².